The van der Waals surface area contributed by atoms with Crippen molar-refractivity contribution < 1.29 is 4.52 Å². The van der Waals surface area contributed by atoms with Crippen LogP contribution in [0.25, 0.3) is 10.8 Å². The van der Waals surface area contributed by atoms with Gasteiger partial charge in [-0.1, -0.05) is 35.5 Å². The molecule has 0 saturated carbocycles. The molecule has 0 aliphatic carbocycles. The molecule has 0 bridgehead atoms. The van der Waals surface area contributed by atoms with Crippen LogP contribution in [-0.2, 0) is 12.8 Å². The topological polar surface area (TPSA) is 63.8 Å². The van der Waals surface area contributed by atoms with E-state index in [2.05, 4.69) is 39.5 Å². The van der Waals surface area contributed by atoms with E-state index in [1.165, 1.54) is 5.56 Å². The van der Waals surface area contributed by atoms with Crippen LogP contribution in [-0.4, -0.2) is 28.2 Å². The minimum Gasteiger partial charge on any atom is -0.333 e. The first kappa shape index (κ1) is 17.6. The number of aromatic nitrogens is 3. The van der Waals surface area contributed by atoms with Gasteiger partial charge in [-0.15, -0.1) is 23.7 Å². The molecule has 1 atom stereocenters. The normalized spacial score (nSPS) is 11.9. The number of thiazole rings is 1. The van der Waals surface area contributed by atoms with Gasteiger partial charge in [0.05, 0.1) is 11.2 Å². The first-order chi connectivity index (χ1) is 10.7. The smallest absolute Gasteiger partial charge is 0.269 e. The molecule has 0 fully saturated rings. The van der Waals surface area contributed by atoms with Gasteiger partial charge in [0, 0.05) is 18.9 Å². The highest BCUT2D eigenvalue weighted by atomic mass is 35.5. The quantitative estimate of drug-likeness (QED) is 0.738. The lowest BCUT2D eigenvalue weighted by molar-refractivity contribution is 0.419. The van der Waals surface area contributed by atoms with E-state index in [1.807, 2.05) is 31.4 Å². The molecular formula is C16H19ClN4OS. The van der Waals surface area contributed by atoms with Gasteiger partial charge in [-0.2, -0.15) is 4.98 Å². The Hall–Kier alpha value is -1.76. The van der Waals surface area contributed by atoms with E-state index in [0.29, 0.717) is 11.9 Å². The molecule has 1 unspecified atom stereocenters. The third-order valence-corrected chi connectivity index (χ3v) is 4.40. The standard InChI is InChI=1S/C16H18N4OS.ClH/c1-11(17-2)8-14-19-16(21-20-14)13-10-18-15(22-13)9-12-6-4-3-5-7-12;/h3-7,10-11,17H,8-9H2,1-2H3;1H. The van der Waals surface area contributed by atoms with Crippen LogP contribution in [0.5, 0.6) is 0 Å². The molecule has 0 amide bonds. The van der Waals surface area contributed by atoms with Gasteiger partial charge in [-0.3, -0.25) is 0 Å². The van der Waals surface area contributed by atoms with Crippen molar-refractivity contribution >= 4 is 23.7 Å². The summed E-state index contributed by atoms with van der Waals surface area (Å²) in [5.41, 5.74) is 1.25. The molecule has 7 heteroatoms. The number of rotatable bonds is 6. The zero-order valence-electron chi connectivity index (χ0n) is 13.0. The van der Waals surface area contributed by atoms with Crippen molar-refractivity contribution in [1.29, 1.82) is 0 Å². The average molecular weight is 351 g/mol. The summed E-state index contributed by atoms with van der Waals surface area (Å²) in [6.07, 6.45) is 3.38. The summed E-state index contributed by atoms with van der Waals surface area (Å²) in [5.74, 6) is 1.27. The second-order valence-corrected chi connectivity index (χ2v) is 6.31. The highest BCUT2D eigenvalue weighted by molar-refractivity contribution is 7.15. The number of hydrogen-bond acceptors (Lipinski definition) is 6. The predicted molar refractivity (Wildman–Crippen MR) is 94.1 cm³/mol. The van der Waals surface area contributed by atoms with E-state index in [0.717, 1.165) is 28.6 Å². The second-order valence-electron chi connectivity index (χ2n) is 5.19. The van der Waals surface area contributed by atoms with E-state index in [1.54, 1.807) is 11.3 Å². The van der Waals surface area contributed by atoms with Crippen LogP contribution in [0.1, 0.15) is 23.3 Å². The van der Waals surface area contributed by atoms with Crippen molar-refractivity contribution in [3.63, 3.8) is 0 Å². The van der Waals surface area contributed by atoms with Crippen molar-refractivity contribution in [2.24, 2.45) is 0 Å². The highest BCUT2D eigenvalue weighted by Gasteiger charge is 2.14. The molecular weight excluding hydrogens is 332 g/mol. The van der Waals surface area contributed by atoms with Crippen molar-refractivity contribution in [2.45, 2.75) is 25.8 Å². The Morgan fingerprint density at radius 1 is 1.26 bits per heavy atom. The molecule has 1 aromatic carbocycles. The molecule has 3 aromatic rings. The number of halogens is 1. The summed E-state index contributed by atoms with van der Waals surface area (Å²) in [5, 5.41) is 8.23. The van der Waals surface area contributed by atoms with E-state index >= 15 is 0 Å². The SMILES string of the molecule is CNC(C)Cc1noc(-c2cnc(Cc3ccccc3)s2)n1.Cl. The van der Waals surface area contributed by atoms with Crippen molar-refractivity contribution in [2.75, 3.05) is 7.05 Å². The maximum absolute atomic E-state index is 5.34. The van der Waals surface area contributed by atoms with E-state index in [-0.39, 0.29) is 12.4 Å². The fourth-order valence-electron chi connectivity index (χ4n) is 2.07. The predicted octanol–water partition coefficient (Wildman–Crippen LogP) is 3.36. The van der Waals surface area contributed by atoms with Gasteiger partial charge in [0.2, 0.25) is 0 Å². The Morgan fingerprint density at radius 2 is 2.04 bits per heavy atom. The summed E-state index contributed by atoms with van der Waals surface area (Å²) < 4.78 is 5.34. The number of nitrogens with zero attached hydrogens (tertiary/aromatic N) is 3. The van der Waals surface area contributed by atoms with Gasteiger partial charge in [0.15, 0.2) is 5.82 Å². The molecule has 1 N–H and O–H groups in total. The molecule has 0 saturated heterocycles. The van der Waals surface area contributed by atoms with Gasteiger partial charge in [0.1, 0.15) is 4.88 Å². The third kappa shape index (κ3) is 4.60. The molecule has 5 nitrogen and oxygen atoms in total. The van der Waals surface area contributed by atoms with Gasteiger partial charge < -0.3 is 9.84 Å². The first-order valence-electron chi connectivity index (χ1n) is 7.23. The van der Waals surface area contributed by atoms with E-state index < -0.39 is 0 Å². The lowest BCUT2D eigenvalue weighted by atomic mass is 10.2. The van der Waals surface area contributed by atoms with Crippen LogP contribution in [0.2, 0.25) is 0 Å². The average Bonchev–Trinajstić information content (AvgIpc) is 3.17. The Bertz CT molecular complexity index is 729. The third-order valence-electron chi connectivity index (χ3n) is 3.41. The van der Waals surface area contributed by atoms with Gasteiger partial charge in [-0.05, 0) is 19.5 Å². The Morgan fingerprint density at radius 3 is 2.78 bits per heavy atom. The van der Waals surface area contributed by atoms with Crippen LogP contribution < -0.4 is 5.32 Å². The minimum atomic E-state index is 0. The summed E-state index contributed by atoms with van der Waals surface area (Å²) in [6.45, 7) is 2.08. The molecule has 23 heavy (non-hydrogen) atoms. The maximum Gasteiger partial charge on any atom is 0.269 e. The van der Waals surface area contributed by atoms with Crippen molar-refractivity contribution in [1.82, 2.24) is 20.4 Å². The maximum atomic E-state index is 5.34. The van der Waals surface area contributed by atoms with Gasteiger partial charge in [0.25, 0.3) is 5.89 Å². The number of benzene rings is 1. The second kappa shape index (κ2) is 8.19. The van der Waals surface area contributed by atoms with E-state index in [4.69, 9.17) is 4.52 Å². The van der Waals surface area contributed by atoms with Crippen LogP contribution in [0.15, 0.2) is 41.1 Å². The Kier molecular flexibility index (Phi) is 6.27. The first-order valence-corrected chi connectivity index (χ1v) is 8.05. The minimum absolute atomic E-state index is 0. The summed E-state index contributed by atoms with van der Waals surface area (Å²) >= 11 is 1.60. The summed E-state index contributed by atoms with van der Waals surface area (Å²) in [6, 6.07) is 10.6. The fourth-order valence-corrected chi connectivity index (χ4v) is 2.95. The van der Waals surface area contributed by atoms with Gasteiger partial charge >= 0.3 is 0 Å². The molecule has 2 heterocycles. The summed E-state index contributed by atoms with van der Waals surface area (Å²) in [7, 11) is 1.92. The van der Waals surface area contributed by atoms with Crippen LogP contribution >= 0.6 is 23.7 Å². The molecule has 0 spiro atoms. The van der Waals surface area contributed by atoms with Crippen molar-refractivity contribution in [3.8, 4) is 10.8 Å². The zero-order valence-corrected chi connectivity index (χ0v) is 14.7. The molecule has 122 valence electrons. The van der Waals surface area contributed by atoms with Crippen molar-refractivity contribution in [3.05, 3.63) is 52.9 Å². The summed E-state index contributed by atoms with van der Waals surface area (Å²) in [4.78, 5) is 9.81. The lowest BCUT2D eigenvalue weighted by Gasteiger charge is -2.04. The number of hydrogen-bond donors (Lipinski definition) is 1. The molecule has 2 aromatic heterocycles. The lowest BCUT2D eigenvalue weighted by Crippen LogP contribution is -2.24. The molecule has 0 radical (unpaired) electrons. The number of likely N-dealkylation sites (N-methyl/N-ethyl adjacent to an activating group) is 1. The highest BCUT2D eigenvalue weighted by Crippen LogP contribution is 2.26. The van der Waals surface area contributed by atoms with Crippen LogP contribution in [0, 0.1) is 0 Å². The van der Waals surface area contributed by atoms with Gasteiger partial charge in [-0.25, -0.2) is 4.98 Å². The largest absolute Gasteiger partial charge is 0.333 e. The Balaban J connectivity index is 0.00000192. The van der Waals surface area contributed by atoms with E-state index in [9.17, 15) is 0 Å². The fraction of sp³-hybridized carbons (Fsp3) is 0.312. The van der Waals surface area contributed by atoms with Crippen LogP contribution in [0.4, 0.5) is 0 Å². The molecule has 0 aliphatic heterocycles. The zero-order chi connectivity index (χ0) is 15.4. The Labute approximate surface area is 145 Å². The molecule has 0 aliphatic rings. The van der Waals surface area contributed by atoms with Crippen LogP contribution in [0.3, 0.4) is 0 Å². The monoisotopic (exact) mass is 350 g/mol. The number of nitrogens with one attached hydrogen (secondary N) is 1. The molecule has 3 rings (SSSR count).